The molecule has 5 N–H and O–H groups in total. The van der Waals surface area contributed by atoms with E-state index in [4.69, 9.17) is 23.1 Å². The normalized spacial score (nSPS) is 11.9. The molecule has 0 fully saturated rings. The van der Waals surface area contributed by atoms with Crippen LogP contribution in [0.25, 0.3) is 0 Å². The standard InChI is InChI=1S/C12H13ClN4O/c1-2-16-12(18)8-5-3-4-6-10(8)17-11(15)9(13)7-14/h4,6-7H,2,14H2,1H3,(H2,15,17)(H,16,18). The minimum absolute atomic E-state index is 0.0318. The van der Waals surface area contributed by atoms with E-state index in [0.717, 1.165) is 6.20 Å². The third kappa shape index (κ3) is 3.40. The molecular weight excluding hydrogens is 252 g/mol. The third-order valence-corrected chi connectivity index (χ3v) is 2.29. The summed E-state index contributed by atoms with van der Waals surface area (Å²) in [6, 6.07) is 8.55. The molecule has 0 aliphatic carbocycles. The van der Waals surface area contributed by atoms with Gasteiger partial charge in [0.25, 0.3) is 5.91 Å². The van der Waals surface area contributed by atoms with E-state index in [0.29, 0.717) is 12.2 Å². The van der Waals surface area contributed by atoms with Gasteiger partial charge in [0.1, 0.15) is 11.4 Å². The Bertz CT molecular complexity index is 497. The van der Waals surface area contributed by atoms with Crippen molar-refractivity contribution in [1.29, 1.82) is 0 Å². The summed E-state index contributed by atoms with van der Waals surface area (Å²) in [5.41, 5.74) is 11.5. The Kier molecular flexibility index (Phi) is 5.03. The Morgan fingerprint density at radius 1 is 1.67 bits per heavy atom. The van der Waals surface area contributed by atoms with Gasteiger partial charge in [-0.15, -0.1) is 0 Å². The highest BCUT2D eigenvalue weighted by molar-refractivity contribution is 6.43. The molecule has 0 saturated carbocycles. The fourth-order valence-corrected chi connectivity index (χ4v) is 1.21. The maximum absolute atomic E-state index is 11.7. The largest absolute Gasteiger partial charge is 0.403 e. The van der Waals surface area contributed by atoms with Crippen LogP contribution in [0.2, 0.25) is 0 Å². The van der Waals surface area contributed by atoms with Crippen LogP contribution in [0.15, 0.2) is 28.4 Å². The lowest BCUT2D eigenvalue weighted by atomic mass is 10.2. The van der Waals surface area contributed by atoms with Crippen molar-refractivity contribution in [1.82, 2.24) is 5.32 Å². The van der Waals surface area contributed by atoms with E-state index >= 15 is 0 Å². The molecule has 94 valence electrons. The molecule has 5 nitrogen and oxygen atoms in total. The predicted octanol–water partition coefficient (Wildman–Crippen LogP) is 1.06. The fraction of sp³-hybridized carbons (Fsp3) is 0.167. The van der Waals surface area contributed by atoms with Crippen LogP contribution in [-0.2, 0) is 0 Å². The number of aliphatic imine (C=N–C) groups is 1. The Labute approximate surface area is 111 Å². The molecule has 1 rings (SSSR count). The van der Waals surface area contributed by atoms with Crippen molar-refractivity contribution >= 4 is 29.0 Å². The van der Waals surface area contributed by atoms with Gasteiger partial charge >= 0.3 is 0 Å². The summed E-state index contributed by atoms with van der Waals surface area (Å²) in [6.45, 7) is 2.32. The Balaban J connectivity index is 3.14. The maximum atomic E-state index is 11.7. The number of hydrogen-bond acceptors (Lipinski definition) is 3. The van der Waals surface area contributed by atoms with Crippen molar-refractivity contribution in [2.45, 2.75) is 6.92 Å². The van der Waals surface area contributed by atoms with Gasteiger partial charge in [0.05, 0.1) is 10.7 Å². The summed E-state index contributed by atoms with van der Waals surface area (Å²) in [7, 11) is 0. The zero-order valence-electron chi connectivity index (χ0n) is 9.83. The van der Waals surface area contributed by atoms with Crippen LogP contribution in [-0.4, -0.2) is 18.3 Å². The molecular formula is C12H13ClN4O. The van der Waals surface area contributed by atoms with Gasteiger partial charge in [0.2, 0.25) is 0 Å². The summed E-state index contributed by atoms with van der Waals surface area (Å²) in [4.78, 5) is 15.8. The van der Waals surface area contributed by atoms with Crippen LogP contribution in [0.1, 0.15) is 17.3 Å². The van der Waals surface area contributed by atoms with Gasteiger partial charge in [-0.25, -0.2) is 4.99 Å². The first-order valence-electron chi connectivity index (χ1n) is 5.22. The molecule has 0 bridgehead atoms. The first kappa shape index (κ1) is 13.9. The number of halogens is 1. The number of carbonyl (C=O) groups is 1. The molecule has 0 saturated heterocycles. The quantitative estimate of drug-likeness (QED) is 0.561. The second-order valence-electron chi connectivity index (χ2n) is 3.23. The van der Waals surface area contributed by atoms with E-state index in [2.05, 4.69) is 22.4 Å². The molecule has 6 heteroatoms. The predicted molar refractivity (Wildman–Crippen MR) is 71.5 cm³/mol. The topological polar surface area (TPSA) is 93.5 Å². The van der Waals surface area contributed by atoms with E-state index < -0.39 is 0 Å². The number of nitrogens with one attached hydrogen (secondary N) is 1. The number of hydrogen-bond donors (Lipinski definition) is 3. The molecule has 18 heavy (non-hydrogen) atoms. The molecule has 1 aromatic rings. The van der Waals surface area contributed by atoms with Crippen LogP contribution in [0.3, 0.4) is 0 Å². The molecule has 0 aromatic heterocycles. The monoisotopic (exact) mass is 264 g/mol. The zero-order valence-corrected chi connectivity index (χ0v) is 10.6. The van der Waals surface area contributed by atoms with Crippen LogP contribution in [0, 0.1) is 12.1 Å². The molecule has 0 spiro atoms. The Morgan fingerprint density at radius 2 is 2.39 bits per heavy atom. The second kappa shape index (κ2) is 6.52. The highest BCUT2D eigenvalue weighted by Gasteiger charge is 2.10. The molecule has 1 amide bonds. The number of nitrogens with two attached hydrogens (primary N) is 2. The van der Waals surface area contributed by atoms with Crippen molar-refractivity contribution in [3.8, 4) is 0 Å². The highest BCUT2D eigenvalue weighted by atomic mass is 35.5. The van der Waals surface area contributed by atoms with E-state index in [1.165, 1.54) is 0 Å². The number of rotatable bonds is 4. The van der Waals surface area contributed by atoms with E-state index in [1.54, 1.807) is 12.1 Å². The molecule has 1 aromatic carbocycles. The highest BCUT2D eigenvalue weighted by Crippen LogP contribution is 2.17. The third-order valence-electron chi connectivity index (χ3n) is 1.97. The smallest absolute Gasteiger partial charge is 0.262 e. The van der Waals surface area contributed by atoms with Gasteiger partial charge < -0.3 is 16.8 Å². The lowest BCUT2D eigenvalue weighted by Gasteiger charge is -2.04. The van der Waals surface area contributed by atoms with E-state index in [1.807, 2.05) is 6.92 Å². The Morgan fingerprint density at radius 3 is 3.00 bits per heavy atom. The molecule has 0 aliphatic rings. The lowest BCUT2D eigenvalue weighted by Crippen LogP contribution is -2.22. The minimum atomic E-state index is -0.297. The SMILES string of the molecule is CCNC(=O)c1c#cccc1N=C(N)C(Cl)=CN. The summed E-state index contributed by atoms with van der Waals surface area (Å²) < 4.78 is 0. The van der Waals surface area contributed by atoms with Crippen molar-refractivity contribution in [2.24, 2.45) is 16.5 Å². The van der Waals surface area contributed by atoms with Crippen LogP contribution >= 0.6 is 11.6 Å². The van der Waals surface area contributed by atoms with E-state index in [-0.39, 0.29) is 22.3 Å². The van der Waals surface area contributed by atoms with E-state index in [9.17, 15) is 4.79 Å². The minimum Gasteiger partial charge on any atom is -0.403 e. The van der Waals surface area contributed by atoms with Gasteiger partial charge in [-0.1, -0.05) is 23.7 Å². The van der Waals surface area contributed by atoms with Crippen LogP contribution in [0.4, 0.5) is 5.69 Å². The molecule has 0 radical (unpaired) electrons. The van der Waals surface area contributed by atoms with Crippen LogP contribution < -0.4 is 16.8 Å². The number of carbonyl (C=O) groups excluding carboxylic acids is 1. The first-order chi connectivity index (χ1) is 8.60. The summed E-state index contributed by atoms with van der Waals surface area (Å²) in [5, 5.41) is 2.76. The lowest BCUT2D eigenvalue weighted by molar-refractivity contribution is 0.0956. The molecule has 0 heterocycles. The maximum Gasteiger partial charge on any atom is 0.262 e. The summed E-state index contributed by atoms with van der Waals surface area (Å²) in [6.07, 6.45) is 1.13. The second-order valence-corrected chi connectivity index (χ2v) is 3.64. The van der Waals surface area contributed by atoms with Gasteiger partial charge in [-0.3, -0.25) is 4.79 Å². The average Bonchev–Trinajstić information content (AvgIpc) is 2.38. The van der Waals surface area contributed by atoms with Crippen molar-refractivity contribution in [3.05, 3.63) is 41.1 Å². The molecule has 0 aliphatic heterocycles. The molecule has 0 atom stereocenters. The van der Waals surface area contributed by atoms with Gasteiger partial charge in [-0.2, -0.15) is 0 Å². The number of nitrogens with zero attached hydrogens (tertiary/aromatic N) is 1. The molecule has 0 unspecified atom stereocenters. The van der Waals surface area contributed by atoms with Crippen LogP contribution in [0.5, 0.6) is 0 Å². The summed E-state index contributed by atoms with van der Waals surface area (Å²) >= 11 is 5.72. The zero-order chi connectivity index (χ0) is 13.5. The van der Waals surface area contributed by atoms with Crippen molar-refractivity contribution < 1.29 is 4.79 Å². The average molecular weight is 265 g/mol. The first-order valence-corrected chi connectivity index (χ1v) is 5.60. The fourth-order valence-electron chi connectivity index (χ4n) is 1.17. The number of amidine groups is 1. The van der Waals surface area contributed by atoms with Gasteiger partial charge in [0.15, 0.2) is 0 Å². The van der Waals surface area contributed by atoms with Gasteiger partial charge in [-0.05, 0) is 19.1 Å². The Hall–Kier alpha value is -2.19. The number of amides is 1. The van der Waals surface area contributed by atoms with Crippen molar-refractivity contribution in [3.63, 3.8) is 0 Å². The summed E-state index contributed by atoms with van der Waals surface area (Å²) in [5.74, 6) is -0.266. The van der Waals surface area contributed by atoms with Gasteiger partial charge in [0, 0.05) is 12.7 Å². The van der Waals surface area contributed by atoms with Crippen molar-refractivity contribution in [2.75, 3.05) is 6.54 Å².